The predicted molar refractivity (Wildman–Crippen MR) is 148 cm³/mol. The fourth-order valence-corrected chi connectivity index (χ4v) is 5.34. The standard InChI is InChI=1S/C29H25F6N7O3/c1-26(39-25(44)45)14-41(15-26)24(43)19(17-11-36-16-37-12-17)13-42-27(2,21-9-5-6-10-22(21)29(33,34)35)38-23(40-42)18-7-3-4-8-20(18)28(30,31)32/h3-13,16,39H,14-15H2,1-2H3,(H,38,40)(H,44,45)/b19-13+. The molecule has 1 fully saturated rings. The van der Waals surface area contributed by atoms with Crippen LogP contribution >= 0.6 is 0 Å². The molecule has 1 aromatic heterocycles. The minimum absolute atomic E-state index is 0.0362. The lowest BCUT2D eigenvalue weighted by Gasteiger charge is -2.48. The van der Waals surface area contributed by atoms with Gasteiger partial charge in [0.25, 0.3) is 5.91 Å². The zero-order valence-electron chi connectivity index (χ0n) is 23.6. The lowest BCUT2D eigenvalue weighted by Crippen LogP contribution is -2.69. The number of amides is 2. The molecule has 16 heteroatoms. The van der Waals surface area contributed by atoms with Gasteiger partial charge in [-0.2, -0.15) is 26.3 Å². The number of carbonyl (C=O) groups excluding carboxylic acids is 1. The van der Waals surface area contributed by atoms with Crippen LogP contribution in [-0.4, -0.2) is 61.4 Å². The Morgan fingerprint density at radius 2 is 1.51 bits per heavy atom. The molecule has 45 heavy (non-hydrogen) atoms. The van der Waals surface area contributed by atoms with E-state index in [0.717, 1.165) is 35.5 Å². The predicted octanol–water partition coefficient (Wildman–Crippen LogP) is 4.86. The summed E-state index contributed by atoms with van der Waals surface area (Å²) >= 11 is 0. The van der Waals surface area contributed by atoms with Crippen molar-refractivity contribution in [2.45, 2.75) is 37.4 Å². The number of likely N-dealkylation sites (tertiary alicyclic amines) is 1. The molecule has 3 heterocycles. The van der Waals surface area contributed by atoms with E-state index < -0.39 is 63.6 Å². The Balaban J connectivity index is 1.66. The number of aromatic nitrogens is 2. The minimum atomic E-state index is -4.86. The maximum absolute atomic E-state index is 14.2. The highest BCUT2D eigenvalue weighted by molar-refractivity contribution is 6.19. The molecule has 2 amide bonds. The Bertz CT molecular complexity index is 1690. The van der Waals surface area contributed by atoms with Gasteiger partial charge in [-0.25, -0.2) is 19.8 Å². The molecule has 1 unspecified atom stereocenters. The van der Waals surface area contributed by atoms with E-state index in [9.17, 15) is 35.9 Å². The third-order valence-corrected chi connectivity index (χ3v) is 7.39. The molecule has 2 aliphatic rings. The van der Waals surface area contributed by atoms with E-state index in [1.165, 1.54) is 54.8 Å². The van der Waals surface area contributed by atoms with Gasteiger partial charge in [0.05, 0.1) is 22.2 Å². The van der Waals surface area contributed by atoms with Crippen molar-refractivity contribution in [2.24, 2.45) is 4.99 Å². The van der Waals surface area contributed by atoms with E-state index in [0.29, 0.717) is 0 Å². The summed E-state index contributed by atoms with van der Waals surface area (Å²) in [5, 5.41) is 12.5. The number of halogens is 6. The number of amidine groups is 1. The zero-order chi connectivity index (χ0) is 32.8. The average Bonchev–Trinajstić information content (AvgIpc) is 3.30. The number of nitrogens with zero attached hydrogens (tertiary/aromatic N) is 5. The van der Waals surface area contributed by atoms with Crippen LogP contribution in [-0.2, 0) is 22.8 Å². The highest BCUT2D eigenvalue weighted by atomic mass is 19.4. The van der Waals surface area contributed by atoms with Gasteiger partial charge in [0.15, 0.2) is 11.5 Å². The highest BCUT2D eigenvalue weighted by Gasteiger charge is 2.48. The molecule has 1 atom stereocenters. The molecule has 2 aliphatic heterocycles. The van der Waals surface area contributed by atoms with E-state index in [1.54, 1.807) is 6.92 Å². The van der Waals surface area contributed by atoms with Gasteiger partial charge in [-0.3, -0.25) is 15.2 Å². The van der Waals surface area contributed by atoms with Crippen molar-refractivity contribution in [3.8, 4) is 0 Å². The molecule has 3 aromatic rings. The number of hydrogen-bond donors (Lipinski definition) is 3. The summed E-state index contributed by atoms with van der Waals surface area (Å²) in [7, 11) is 0. The number of hydrazine groups is 1. The zero-order valence-corrected chi connectivity index (χ0v) is 23.6. The summed E-state index contributed by atoms with van der Waals surface area (Å²) in [5.74, 6) is -1.05. The van der Waals surface area contributed by atoms with E-state index >= 15 is 0 Å². The smallest absolute Gasteiger partial charge is 0.417 e. The van der Waals surface area contributed by atoms with Crippen molar-refractivity contribution in [3.63, 3.8) is 0 Å². The van der Waals surface area contributed by atoms with Crippen LogP contribution in [0.2, 0.25) is 0 Å². The van der Waals surface area contributed by atoms with E-state index in [-0.39, 0.29) is 24.2 Å². The van der Waals surface area contributed by atoms with Crippen molar-refractivity contribution < 1.29 is 41.0 Å². The molecule has 0 aliphatic carbocycles. The fraction of sp³-hybridized carbons (Fsp3) is 0.276. The molecule has 0 radical (unpaired) electrons. The Morgan fingerprint density at radius 3 is 2.11 bits per heavy atom. The second kappa shape index (κ2) is 11.1. The maximum atomic E-state index is 14.2. The van der Waals surface area contributed by atoms with E-state index in [4.69, 9.17) is 5.11 Å². The molecule has 0 spiro atoms. The molecule has 3 N–H and O–H groups in total. The van der Waals surface area contributed by atoms with Crippen LogP contribution in [0, 0.1) is 0 Å². The minimum Gasteiger partial charge on any atom is -0.465 e. The highest BCUT2D eigenvalue weighted by Crippen LogP contribution is 2.43. The summed E-state index contributed by atoms with van der Waals surface area (Å²) in [4.78, 5) is 38.5. The molecule has 0 saturated carbocycles. The normalized spacial score (nSPS) is 19.8. The van der Waals surface area contributed by atoms with Crippen molar-refractivity contribution >= 4 is 23.4 Å². The number of nitrogens with one attached hydrogen (secondary N) is 2. The summed E-state index contributed by atoms with van der Waals surface area (Å²) < 4.78 is 84.7. The molecular formula is C29H25F6N7O3. The third kappa shape index (κ3) is 6.12. The SMILES string of the molecule is CC1(NC(=O)O)CN(C(=O)/C(=C/N2NC(c3ccccc3C(F)(F)F)=NC2(C)c2ccccc2C(F)(F)F)c2cncnc2)C1. The molecule has 236 valence electrons. The second-order valence-corrected chi connectivity index (χ2v) is 10.9. The van der Waals surface area contributed by atoms with Crippen molar-refractivity contribution in [3.05, 3.63) is 101 Å². The number of hydrogen-bond acceptors (Lipinski definition) is 7. The van der Waals surface area contributed by atoms with E-state index in [2.05, 4.69) is 25.7 Å². The first kappa shape index (κ1) is 31.3. The van der Waals surface area contributed by atoms with Crippen LogP contribution in [0.15, 0.2) is 78.4 Å². The summed E-state index contributed by atoms with van der Waals surface area (Å²) in [6.07, 6.45) is -6.08. The fourth-order valence-electron chi connectivity index (χ4n) is 5.34. The Labute approximate surface area is 252 Å². The molecule has 10 nitrogen and oxygen atoms in total. The van der Waals surface area contributed by atoms with Crippen molar-refractivity contribution in [1.29, 1.82) is 0 Å². The van der Waals surface area contributed by atoms with Gasteiger partial charge in [0.1, 0.15) is 6.33 Å². The summed E-state index contributed by atoms with van der Waals surface area (Å²) in [6, 6.07) is 8.94. The number of carbonyl (C=O) groups is 2. The number of benzene rings is 2. The van der Waals surface area contributed by atoms with Crippen molar-refractivity contribution in [2.75, 3.05) is 13.1 Å². The van der Waals surface area contributed by atoms with Gasteiger partial charge in [-0.15, -0.1) is 0 Å². The maximum Gasteiger partial charge on any atom is 0.417 e. The van der Waals surface area contributed by atoms with Crippen LogP contribution in [0.4, 0.5) is 31.1 Å². The van der Waals surface area contributed by atoms with Gasteiger partial charge in [-0.1, -0.05) is 36.4 Å². The molecule has 1 saturated heterocycles. The lowest BCUT2D eigenvalue weighted by atomic mass is 9.91. The quantitative estimate of drug-likeness (QED) is 0.262. The van der Waals surface area contributed by atoms with Gasteiger partial charge in [0, 0.05) is 48.4 Å². The molecule has 0 bridgehead atoms. The molecule has 5 rings (SSSR count). The van der Waals surface area contributed by atoms with Crippen LogP contribution in [0.3, 0.4) is 0 Å². The Morgan fingerprint density at radius 1 is 0.933 bits per heavy atom. The number of aliphatic imine (C=N–C) groups is 1. The lowest BCUT2D eigenvalue weighted by molar-refractivity contribution is -0.139. The van der Waals surface area contributed by atoms with Crippen LogP contribution < -0.4 is 10.7 Å². The van der Waals surface area contributed by atoms with Crippen LogP contribution in [0.5, 0.6) is 0 Å². The number of alkyl halides is 6. The first-order valence-electron chi connectivity index (χ1n) is 13.3. The van der Waals surface area contributed by atoms with Gasteiger partial charge in [-0.05, 0) is 26.0 Å². The summed E-state index contributed by atoms with van der Waals surface area (Å²) in [6.45, 7) is 2.79. The summed E-state index contributed by atoms with van der Waals surface area (Å²) in [5.41, 5.74) is -3.29. The molecular weight excluding hydrogens is 608 g/mol. The van der Waals surface area contributed by atoms with Crippen LogP contribution in [0.25, 0.3) is 5.57 Å². The van der Waals surface area contributed by atoms with Crippen LogP contribution in [0.1, 0.15) is 41.7 Å². The first-order chi connectivity index (χ1) is 21.0. The Hall–Kier alpha value is -5.15. The third-order valence-electron chi connectivity index (χ3n) is 7.39. The first-order valence-corrected chi connectivity index (χ1v) is 13.3. The number of carboxylic acid groups (broad SMARTS) is 1. The second-order valence-electron chi connectivity index (χ2n) is 10.9. The largest absolute Gasteiger partial charge is 0.465 e. The monoisotopic (exact) mass is 633 g/mol. The van der Waals surface area contributed by atoms with E-state index in [1.807, 2.05) is 0 Å². The van der Waals surface area contributed by atoms with Crippen molar-refractivity contribution in [1.82, 2.24) is 30.6 Å². The Kier molecular flexibility index (Phi) is 7.71. The topological polar surface area (TPSA) is 123 Å². The van der Waals surface area contributed by atoms with Gasteiger partial charge < -0.3 is 15.3 Å². The van der Waals surface area contributed by atoms with Gasteiger partial charge >= 0.3 is 18.4 Å². The average molecular weight is 634 g/mol. The number of rotatable bonds is 6. The van der Waals surface area contributed by atoms with Gasteiger partial charge in [0.2, 0.25) is 0 Å². The molecule has 2 aromatic carbocycles.